The second-order valence-corrected chi connectivity index (χ2v) is 12.1. The predicted octanol–water partition coefficient (Wildman–Crippen LogP) is 5.21. The van der Waals surface area contributed by atoms with Crippen LogP contribution in [0.4, 0.5) is 0 Å². The summed E-state index contributed by atoms with van der Waals surface area (Å²) < 4.78 is 6.28. The molecule has 120 valence electrons. The fourth-order valence-corrected chi connectivity index (χ4v) is 3.35. The van der Waals surface area contributed by atoms with E-state index < -0.39 is 14.3 Å². The van der Waals surface area contributed by atoms with Crippen molar-refractivity contribution in [1.82, 2.24) is 0 Å². The Hall–Kier alpha value is -0.353. The molecule has 0 amide bonds. The highest BCUT2D eigenvalue weighted by molar-refractivity contribution is 6.74. The molecule has 4 heteroatoms. The second-order valence-electron chi connectivity index (χ2n) is 7.30. The summed E-state index contributed by atoms with van der Waals surface area (Å²) in [6.07, 6.45) is 6.91. The van der Waals surface area contributed by atoms with E-state index in [9.17, 15) is 4.79 Å². The summed E-state index contributed by atoms with van der Waals surface area (Å²) in [4.78, 5) is 11.0. The fourth-order valence-electron chi connectivity index (χ4n) is 1.97. The van der Waals surface area contributed by atoms with Gasteiger partial charge in [0, 0.05) is 0 Å². The zero-order valence-corrected chi connectivity index (χ0v) is 15.3. The van der Waals surface area contributed by atoms with E-state index >= 15 is 0 Å². The number of carbonyl (C=O) groups is 1. The first-order valence-electron chi connectivity index (χ1n) is 7.99. The van der Waals surface area contributed by atoms with Gasteiger partial charge < -0.3 is 9.53 Å². The van der Waals surface area contributed by atoms with Crippen LogP contribution in [0, 0.1) is 0 Å². The van der Waals surface area contributed by atoms with Gasteiger partial charge in [-0.3, -0.25) is 4.79 Å². The van der Waals surface area contributed by atoms with Crippen molar-refractivity contribution >= 4 is 14.3 Å². The van der Waals surface area contributed by atoms with E-state index in [0.29, 0.717) is 0 Å². The molecule has 1 atom stereocenters. The predicted molar refractivity (Wildman–Crippen MR) is 87.7 cm³/mol. The number of unbranched alkanes of at least 4 members (excludes halogenated alkanes) is 4. The highest BCUT2D eigenvalue weighted by Gasteiger charge is 2.39. The fraction of sp³-hybridized carbons (Fsp3) is 0.938. The number of hydrogen-bond donors (Lipinski definition) is 1. The maximum atomic E-state index is 11.0. The standard InChI is InChI=1S/C16H34O3Si/c1-7-8-9-10-11-12-14(13-15(17)18)19-20(5,6)16(2,3)4/h14H,7-13H2,1-6H3,(H,17,18). The Bertz CT molecular complexity index is 282. The summed E-state index contributed by atoms with van der Waals surface area (Å²) in [6.45, 7) is 13.2. The molecule has 0 fully saturated rings. The molecule has 0 radical (unpaired) electrons. The molecule has 0 rings (SSSR count). The van der Waals surface area contributed by atoms with Crippen molar-refractivity contribution < 1.29 is 14.3 Å². The quantitative estimate of drug-likeness (QED) is 0.445. The third-order valence-corrected chi connectivity index (χ3v) is 8.83. The van der Waals surface area contributed by atoms with Crippen LogP contribution in [0.25, 0.3) is 0 Å². The number of aliphatic carboxylic acids is 1. The molecule has 20 heavy (non-hydrogen) atoms. The molecule has 0 aromatic carbocycles. The average Bonchev–Trinajstić information content (AvgIpc) is 2.25. The topological polar surface area (TPSA) is 46.5 Å². The van der Waals surface area contributed by atoms with Gasteiger partial charge in [-0.2, -0.15) is 0 Å². The van der Waals surface area contributed by atoms with E-state index in [1.165, 1.54) is 25.7 Å². The van der Waals surface area contributed by atoms with E-state index in [4.69, 9.17) is 9.53 Å². The minimum absolute atomic E-state index is 0.116. The first-order valence-corrected chi connectivity index (χ1v) is 10.9. The number of hydrogen-bond acceptors (Lipinski definition) is 2. The van der Waals surface area contributed by atoms with Crippen molar-refractivity contribution in [2.24, 2.45) is 0 Å². The molecule has 0 aliphatic rings. The van der Waals surface area contributed by atoms with Crippen LogP contribution < -0.4 is 0 Å². The molecule has 0 saturated heterocycles. The van der Waals surface area contributed by atoms with Gasteiger partial charge in [-0.1, -0.05) is 59.8 Å². The smallest absolute Gasteiger partial charge is 0.305 e. The second kappa shape index (κ2) is 8.83. The largest absolute Gasteiger partial charge is 0.481 e. The molecule has 0 aromatic heterocycles. The van der Waals surface area contributed by atoms with Gasteiger partial charge in [-0.05, 0) is 24.6 Å². The summed E-state index contributed by atoms with van der Waals surface area (Å²) in [5, 5.41) is 9.19. The maximum absolute atomic E-state index is 11.0. The molecule has 0 saturated carbocycles. The summed E-state index contributed by atoms with van der Waals surface area (Å²) >= 11 is 0. The third kappa shape index (κ3) is 8.05. The first kappa shape index (κ1) is 19.6. The van der Waals surface area contributed by atoms with Crippen molar-refractivity contribution in [3.8, 4) is 0 Å². The van der Waals surface area contributed by atoms with Crippen molar-refractivity contribution in [3.63, 3.8) is 0 Å². The molecule has 3 nitrogen and oxygen atoms in total. The minimum atomic E-state index is -1.87. The van der Waals surface area contributed by atoms with E-state index in [1.54, 1.807) is 0 Å². The van der Waals surface area contributed by atoms with E-state index in [0.717, 1.165) is 12.8 Å². The van der Waals surface area contributed by atoms with Crippen LogP contribution in [0.5, 0.6) is 0 Å². The Morgan fingerprint density at radius 3 is 2.15 bits per heavy atom. The monoisotopic (exact) mass is 302 g/mol. The van der Waals surface area contributed by atoms with Crippen LogP contribution >= 0.6 is 0 Å². The SMILES string of the molecule is CCCCCCCC(CC(=O)O)O[Si](C)(C)C(C)(C)C. The molecule has 0 bridgehead atoms. The summed E-state index contributed by atoms with van der Waals surface area (Å²) in [5.41, 5.74) is 0. The zero-order chi connectivity index (χ0) is 15.8. The molecule has 0 spiro atoms. The van der Waals surface area contributed by atoms with Crippen molar-refractivity contribution in [1.29, 1.82) is 0 Å². The summed E-state index contributed by atoms with van der Waals surface area (Å²) in [6, 6.07) is 0. The van der Waals surface area contributed by atoms with Gasteiger partial charge in [0.25, 0.3) is 0 Å². The highest BCUT2D eigenvalue weighted by Crippen LogP contribution is 2.38. The number of rotatable bonds is 10. The van der Waals surface area contributed by atoms with Gasteiger partial charge in [-0.25, -0.2) is 0 Å². The van der Waals surface area contributed by atoms with Gasteiger partial charge in [0.15, 0.2) is 8.32 Å². The van der Waals surface area contributed by atoms with E-state index in [2.05, 4.69) is 40.8 Å². The molecular formula is C16H34O3Si. The molecule has 0 heterocycles. The Morgan fingerprint density at radius 2 is 1.70 bits per heavy atom. The Morgan fingerprint density at radius 1 is 1.15 bits per heavy atom. The summed E-state index contributed by atoms with van der Waals surface area (Å²) in [5.74, 6) is -0.748. The Balaban J connectivity index is 4.38. The molecule has 0 aliphatic carbocycles. The lowest BCUT2D eigenvalue weighted by Crippen LogP contribution is -2.44. The van der Waals surface area contributed by atoms with Gasteiger partial charge in [0.05, 0.1) is 12.5 Å². The van der Waals surface area contributed by atoms with Crippen LogP contribution in [0.2, 0.25) is 18.1 Å². The summed E-state index contributed by atoms with van der Waals surface area (Å²) in [7, 11) is -1.87. The van der Waals surface area contributed by atoms with Crippen molar-refractivity contribution in [2.45, 2.75) is 96.9 Å². The van der Waals surface area contributed by atoms with Gasteiger partial charge in [-0.15, -0.1) is 0 Å². The highest BCUT2D eigenvalue weighted by atomic mass is 28.4. The van der Waals surface area contributed by atoms with Gasteiger partial charge >= 0.3 is 5.97 Å². The van der Waals surface area contributed by atoms with Crippen LogP contribution in [0.3, 0.4) is 0 Å². The minimum Gasteiger partial charge on any atom is -0.481 e. The van der Waals surface area contributed by atoms with Crippen molar-refractivity contribution in [3.05, 3.63) is 0 Å². The maximum Gasteiger partial charge on any atom is 0.305 e. The van der Waals surface area contributed by atoms with Crippen LogP contribution in [-0.2, 0) is 9.22 Å². The average molecular weight is 303 g/mol. The third-order valence-electron chi connectivity index (χ3n) is 4.30. The molecule has 1 N–H and O–H groups in total. The lowest BCUT2D eigenvalue weighted by Gasteiger charge is -2.39. The van der Waals surface area contributed by atoms with Gasteiger partial charge in [0.2, 0.25) is 0 Å². The van der Waals surface area contributed by atoms with Crippen LogP contribution in [0.1, 0.15) is 72.6 Å². The van der Waals surface area contributed by atoms with E-state index in [1.807, 2.05) is 0 Å². The number of carboxylic acids is 1. The van der Waals surface area contributed by atoms with Crippen LogP contribution in [0.15, 0.2) is 0 Å². The van der Waals surface area contributed by atoms with E-state index in [-0.39, 0.29) is 17.6 Å². The zero-order valence-electron chi connectivity index (χ0n) is 14.3. The molecule has 0 aliphatic heterocycles. The number of carboxylic acid groups (broad SMARTS) is 1. The van der Waals surface area contributed by atoms with Crippen LogP contribution in [-0.4, -0.2) is 25.5 Å². The Kier molecular flexibility index (Phi) is 8.67. The first-order chi connectivity index (χ1) is 9.10. The Labute approximate surface area is 126 Å². The molecular weight excluding hydrogens is 268 g/mol. The lowest BCUT2D eigenvalue weighted by atomic mass is 10.1. The molecule has 0 aromatic rings. The van der Waals surface area contributed by atoms with Crippen molar-refractivity contribution in [2.75, 3.05) is 0 Å². The van der Waals surface area contributed by atoms with Gasteiger partial charge in [0.1, 0.15) is 0 Å². The lowest BCUT2D eigenvalue weighted by molar-refractivity contribution is -0.139. The normalized spacial score (nSPS) is 14.3. The molecule has 1 unspecified atom stereocenters.